The van der Waals surface area contributed by atoms with E-state index >= 15 is 0 Å². The molecule has 0 spiro atoms. The van der Waals surface area contributed by atoms with Crippen molar-refractivity contribution in [3.63, 3.8) is 0 Å². The summed E-state index contributed by atoms with van der Waals surface area (Å²) in [6.45, 7) is 0.491. The highest BCUT2D eigenvalue weighted by molar-refractivity contribution is 5.96. The Bertz CT molecular complexity index is 501. The molecule has 0 bridgehead atoms. The van der Waals surface area contributed by atoms with Crippen LogP contribution in [-0.2, 0) is 16.0 Å². The van der Waals surface area contributed by atoms with Gasteiger partial charge in [0.05, 0.1) is 0 Å². The van der Waals surface area contributed by atoms with Gasteiger partial charge in [0.25, 0.3) is 0 Å². The summed E-state index contributed by atoms with van der Waals surface area (Å²) in [5.74, 6) is -1.10. The number of carboxylic acid groups (broad SMARTS) is 1. The van der Waals surface area contributed by atoms with Crippen LogP contribution in [0, 0.1) is 5.82 Å². The van der Waals surface area contributed by atoms with E-state index in [1.807, 2.05) is 0 Å². The van der Waals surface area contributed by atoms with Crippen LogP contribution >= 0.6 is 0 Å². The third-order valence-corrected chi connectivity index (χ3v) is 3.26. The maximum atomic E-state index is 13.1. The van der Waals surface area contributed by atoms with Crippen molar-refractivity contribution in [3.05, 3.63) is 29.6 Å². The fraction of sp³-hybridized carbons (Fsp3) is 0.429. The van der Waals surface area contributed by atoms with E-state index in [0.29, 0.717) is 32.2 Å². The number of nitrogens with zero attached hydrogens (tertiary/aromatic N) is 1. The SMILES string of the molecule is O=C(O)CCCCN1C(=O)CCc2cc(F)ccc21. The molecule has 1 heterocycles. The second-order valence-corrected chi connectivity index (χ2v) is 4.67. The smallest absolute Gasteiger partial charge is 0.303 e. The Hall–Kier alpha value is -1.91. The highest BCUT2D eigenvalue weighted by atomic mass is 19.1. The van der Waals surface area contributed by atoms with Gasteiger partial charge in [-0.25, -0.2) is 4.39 Å². The van der Waals surface area contributed by atoms with E-state index in [1.165, 1.54) is 12.1 Å². The summed E-state index contributed by atoms with van der Waals surface area (Å²) in [4.78, 5) is 24.0. The maximum Gasteiger partial charge on any atom is 0.303 e. The van der Waals surface area contributed by atoms with Crippen molar-refractivity contribution in [2.24, 2.45) is 0 Å². The summed E-state index contributed by atoms with van der Waals surface area (Å²) in [6, 6.07) is 4.44. The largest absolute Gasteiger partial charge is 0.481 e. The van der Waals surface area contributed by atoms with Crippen LogP contribution in [0.1, 0.15) is 31.2 Å². The van der Waals surface area contributed by atoms with Gasteiger partial charge in [0.15, 0.2) is 0 Å². The number of carbonyl (C=O) groups is 2. The van der Waals surface area contributed by atoms with Crippen LogP contribution in [-0.4, -0.2) is 23.5 Å². The van der Waals surface area contributed by atoms with Crippen LogP contribution < -0.4 is 4.90 Å². The van der Waals surface area contributed by atoms with E-state index in [9.17, 15) is 14.0 Å². The summed E-state index contributed by atoms with van der Waals surface area (Å²) in [5.41, 5.74) is 1.60. The molecule has 2 rings (SSSR count). The van der Waals surface area contributed by atoms with Gasteiger partial charge < -0.3 is 10.0 Å². The minimum absolute atomic E-state index is 0.0226. The van der Waals surface area contributed by atoms with Gasteiger partial charge in [0.2, 0.25) is 5.91 Å². The number of amides is 1. The standard InChI is InChI=1S/C14H16FNO3/c15-11-5-6-12-10(9-11)4-7-13(17)16(12)8-2-1-3-14(18)19/h5-6,9H,1-4,7-8H2,(H,18,19). The quantitative estimate of drug-likeness (QED) is 0.831. The first-order valence-electron chi connectivity index (χ1n) is 6.38. The fourth-order valence-electron chi connectivity index (χ4n) is 2.32. The first kappa shape index (κ1) is 13.5. The number of carboxylic acids is 1. The zero-order chi connectivity index (χ0) is 13.8. The van der Waals surface area contributed by atoms with Crippen LogP contribution in [0.5, 0.6) is 0 Å². The average molecular weight is 265 g/mol. The zero-order valence-electron chi connectivity index (χ0n) is 10.6. The van der Waals surface area contributed by atoms with Crippen LogP contribution in [0.15, 0.2) is 18.2 Å². The first-order valence-corrected chi connectivity index (χ1v) is 6.38. The molecule has 0 saturated heterocycles. The van der Waals surface area contributed by atoms with E-state index in [1.54, 1.807) is 11.0 Å². The Morgan fingerprint density at radius 3 is 2.84 bits per heavy atom. The monoisotopic (exact) mass is 265 g/mol. The number of unbranched alkanes of at least 4 members (excludes halogenated alkanes) is 1. The fourth-order valence-corrected chi connectivity index (χ4v) is 2.32. The Morgan fingerprint density at radius 1 is 1.32 bits per heavy atom. The lowest BCUT2D eigenvalue weighted by atomic mass is 10.0. The summed E-state index contributed by atoms with van der Waals surface area (Å²) >= 11 is 0. The number of fused-ring (bicyclic) bond motifs is 1. The number of aliphatic carboxylic acids is 1. The van der Waals surface area contributed by atoms with Crippen LogP contribution in [0.2, 0.25) is 0 Å². The Morgan fingerprint density at radius 2 is 2.11 bits per heavy atom. The Balaban J connectivity index is 2.04. The van der Waals surface area contributed by atoms with Crippen molar-refractivity contribution in [2.45, 2.75) is 32.1 Å². The average Bonchev–Trinajstić information content (AvgIpc) is 2.36. The van der Waals surface area contributed by atoms with Crippen molar-refractivity contribution in [2.75, 3.05) is 11.4 Å². The molecule has 0 fully saturated rings. The summed E-state index contributed by atoms with van der Waals surface area (Å²) in [7, 11) is 0. The molecule has 4 nitrogen and oxygen atoms in total. The highest BCUT2D eigenvalue weighted by Gasteiger charge is 2.23. The van der Waals surface area contributed by atoms with E-state index in [4.69, 9.17) is 5.11 Å². The molecule has 0 radical (unpaired) electrons. The van der Waals surface area contributed by atoms with E-state index in [0.717, 1.165) is 11.3 Å². The summed E-state index contributed by atoms with van der Waals surface area (Å²) in [6.07, 6.45) is 2.23. The molecule has 1 aliphatic rings. The van der Waals surface area contributed by atoms with Crippen LogP contribution in [0.25, 0.3) is 0 Å². The van der Waals surface area contributed by atoms with E-state index in [-0.39, 0.29) is 18.1 Å². The molecule has 0 saturated carbocycles. The second kappa shape index (κ2) is 5.82. The highest BCUT2D eigenvalue weighted by Crippen LogP contribution is 2.28. The molecule has 1 amide bonds. The van der Waals surface area contributed by atoms with Crippen molar-refractivity contribution >= 4 is 17.6 Å². The lowest BCUT2D eigenvalue weighted by Gasteiger charge is -2.29. The van der Waals surface area contributed by atoms with Crippen molar-refractivity contribution in [1.82, 2.24) is 0 Å². The second-order valence-electron chi connectivity index (χ2n) is 4.67. The molecule has 0 unspecified atom stereocenters. The number of carbonyl (C=O) groups excluding carboxylic acids is 1. The molecule has 1 N–H and O–H groups in total. The molecule has 1 aliphatic heterocycles. The minimum Gasteiger partial charge on any atom is -0.481 e. The number of aryl methyl sites for hydroxylation is 1. The van der Waals surface area contributed by atoms with Crippen molar-refractivity contribution < 1.29 is 19.1 Å². The maximum absolute atomic E-state index is 13.1. The Labute approximate surface area is 110 Å². The third kappa shape index (κ3) is 3.30. The van der Waals surface area contributed by atoms with Gasteiger partial charge in [0.1, 0.15) is 5.82 Å². The number of anilines is 1. The molecular formula is C14H16FNO3. The molecule has 102 valence electrons. The molecule has 19 heavy (non-hydrogen) atoms. The Kier molecular flexibility index (Phi) is 4.14. The van der Waals surface area contributed by atoms with Gasteiger partial charge >= 0.3 is 5.97 Å². The number of hydrogen-bond donors (Lipinski definition) is 1. The van der Waals surface area contributed by atoms with E-state index in [2.05, 4.69) is 0 Å². The number of benzene rings is 1. The predicted octanol–water partition coefficient (Wildman–Crippen LogP) is 2.36. The number of halogens is 1. The molecule has 1 aromatic carbocycles. The first-order chi connectivity index (χ1) is 9.08. The van der Waals surface area contributed by atoms with Gasteiger partial charge in [-0.15, -0.1) is 0 Å². The predicted molar refractivity (Wildman–Crippen MR) is 68.6 cm³/mol. The van der Waals surface area contributed by atoms with Gasteiger partial charge in [0, 0.05) is 25.1 Å². The molecule has 0 aliphatic carbocycles. The molecular weight excluding hydrogens is 249 g/mol. The molecule has 0 aromatic heterocycles. The molecule has 0 atom stereocenters. The summed E-state index contributed by atoms with van der Waals surface area (Å²) in [5, 5.41) is 8.57. The minimum atomic E-state index is -0.826. The van der Waals surface area contributed by atoms with Gasteiger partial charge in [-0.1, -0.05) is 0 Å². The van der Waals surface area contributed by atoms with Gasteiger partial charge in [-0.05, 0) is 43.0 Å². The number of rotatable bonds is 5. The normalized spacial score (nSPS) is 14.4. The third-order valence-electron chi connectivity index (χ3n) is 3.26. The van der Waals surface area contributed by atoms with Gasteiger partial charge in [-0.2, -0.15) is 0 Å². The van der Waals surface area contributed by atoms with Gasteiger partial charge in [-0.3, -0.25) is 9.59 Å². The molecule has 5 heteroatoms. The lowest BCUT2D eigenvalue weighted by molar-refractivity contribution is -0.137. The van der Waals surface area contributed by atoms with Crippen LogP contribution in [0.3, 0.4) is 0 Å². The lowest BCUT2D eigenvalue weighted by Crippen LogP contribution is -2.36. The van der Waals surface area contributed by atoms with Crippen LogP contribution in [0.4, 0.5) is 10.1 Å². The number of hydrogen-bond acceptors (Lipinski definition) is 2. The topological polar surface area (TPSA) is 57.6 Å². The van der Waals surface area contributed by atoms with Crippen molar-refractivity contribution in [3.8, 4) is 0 Å². The molecule has 1 aromatic rings. The summed E-state index contributed by atoms with van der Waals surface area (Å²) < 4.78 is 13.1. The van der Waals surface area contributed by atoms with E-state index < -0.39 is 5.97 Å². The van der Waals surface area contributed by atoms with Crippen molar-refractivity contribution in [1.29, 1.82) is 0 Å². The zero-order valence-corrected chi connectivity index (χ0v) is 10.6.